The minimum Gasteiger partial charge on any atom is -0.480 e. The van der Waals surface area contributed by atoms with E-state index in [0.717, 1.165) is 0 Å². The highest BCUT2D eigenvalue weighted by molar-refractivity contribution is 5.86. The molecule has 0 spiro atoms. The fourth-order valence-corrected chi connectivity index (χ4v) is 1.35. The van der Waals surface area contributed by atoms with Crippen LogP contribution < -0.4 is 5.32 Å². The van der Waals surface area contributed by atoms with Crippen molar-refractivity contribution in [3.05, 3.63) is 0 Å². The van der Waals surface area contributed by atoms with E-state index in [1.807, 2.05) is 0 Å². The van der Waals surface area contributed by atoms with E-state index in [2.05, 4.69) is 5.32 Å². The van der Waals surface area contributed by atoms with E-state index in [9.17, 15) is 22.8 Å². The fourth-order valence-electron chi connectivity index (χ4n) is 1.35. The van der Waals surface area contributed by atoms with E-state index >= 15 is 0 Å². The number of aliphatic carboxylic acids is 1. The van der Waals surface area contributed by atoms with Crippen LogP contribution in [0.1, 0.15) is 39.5 Å². The first-order valence-electron chi connectivity index (χ1n) is 5.22. The Morgan fingerprint density at radius 2 is 1.76 bits per heavy atom. The van der Waals surface area contributed by atoms with Crippen molar-refractivity contribution in [2.24, 2.45) is 0 Å². The van der Waals surface area contributed by atoms with Crippen LogP contribution in [0, 0.1) is 0 Å². The van der Waals surface area contributed by atoms with Gasteiger partial charge in [0.1, 0.15) is 5.54 Å². The second-order valence-electron chi connectivity index (χ2n) is 4.05. The molecule has 0 unspecified atom stereocenters. The first-order valence-corrected chi connectivity index (χ1v) is 5.22. The van der Waals surface area contributed by atoms with Crippen LogP contribution in [-0.4, -0.2) is 28.7 Å². The predicted molar refractivity (Wildman–Crippen MR) is 54.4 cm³/mol. The molecule has 0 saturated heterocycles. The summed E-state index contributed by atoms with van der Waals surface area (Å²) in [7, 11) is 0. The molecule has 0 heterocycles. The van der Waals surface area contributed by atoms with Crippen molar-refractivity contribution < 1.29 is 27.9 Å². The van der Waals surface area contributed by atoms with Crippen molar-refractivity contribution in [1.82, 2.24) is 5.32 Å². The predicted octanol–water partition coefficient (Wildman–Crippen LogP) is 2.09. The van der Waals surface area contributed by atoms with E-state index < -0.39 is 36.4 Å². The van der Waals surface area contributed by atoms with Crippen LogP contribution in [0.25, 0.3) is 0 Å². The van der Waals surface area contributed by atoms with Crippen LogP contribution in [0.2, 0.25) is 0 Å². The summed E-state index contributed by atoms with van der Waals surface area (Å²) in [5.74, 6) is -2.15. The Balaban J connectivity index is 4.38. The number of carboxylic acid groups (broad SMARTS) is 1. The Bertz CT molecular complexity index is 291. The van der Waals surface area contributed by atoms with Gasteiger partial charge in [-0.2, -0.15) is 13.2 Å². The van der Waals surface area contributed by atoms with Gasteiger partial charge in [0.05, 0.1) is 6.42 Å². The molecule has 0 saturated carbocycles. The standard InChI is InChI=1S/C10H16F3NO3/c1-3-5-9(2,8(16)17)14-7(15)4-6-10(11,12)13/h3-6H2,1-2H3,(H,14,15)(H,16,17)/t9-/m0/s1. The normalized spacial score (nSPS) is 15.1. The maximum Gasteiger partial charge on any atom is 0.389 e. The van der Waals surface area contributed by atoms with Crippen LogP contribution >= 0.6 is 0 Å². The van der Waals surface area contributed by atoms with Crippen LogP contribution in [0.4, 0.5) is 13.2 Å². The zero-order valence-corrected chi connectivity index (χ0v) is 9.73. The lowest BCUT2D eigenvalue weighted by Gasteiger charge is -2.25. The molecule has 0 aliphatic carbocycles. The van der Waals surface area contributed by atoms with Gasteiger partial charge in [-0.05, 0) is 13.3 Å². The number of amides is 1. The third kappa shape index (κ3) is 6.13. The first kappa shape index (κ1) is 15.7. The second-order valence-corrected chi connectivity index (χ2v) is 4.05. The summed E-state index contributed by atoms with van der Waals surface area (Å²) < 4.78 is 35.6. The first-order chi connectivity index (χ1) is 7.60. The van der Waals surface area contributed by atoms with Gasteiger partial charge in [0.15, 0.2) is 0 Å². The number of hydrogen-bond donors (Lipinski definition) is 2. The zero-order chi connectivity index (χ0) is 13.7. The van der Waals surface area contributed by atoms with Crippen LogP contribution in [0.3, 0.4) is 0 Å². The van der Waals surface area contributed by atoms with Gasteiger partial charge in [-0.3, -0.25) is 4.79 Å². The number of carbonyl (C=O) groups is 2. The maximum absolute atomic E-state index is 11.9. The zero-order valence-electron chi connectivity index (χ0n) is 9.73. The average molecular weight is 255 g/mol. The monoisotopic (exact) mass is 255 g/mol. The third-order valence-corrected chi connectivity index (χ3v) is 2.27. The van der Waals surface area contributed by atoms with E-state index in [1.165, 1.54) is 6.92 Å². The van der Waals surface area contributed by atoms with E-state index in [-0.39, 0.29) is 6.42 Å². The Kier molecular flexibility index (Phi) is 5.44. The molecule has 0 aliphatic rings. The second kappa shape index (κ2) is 5.88. The third-order valence-electron chi connectivity index (χ3n) is 2.27. The number of halogens is 3. The summed E-state index contributed by atoms with van der Waals surface area (Å²) in [4.78, 5) is 22.1. The SMILES string of the molecule is CCC[C@](C)(NC(=O)CCC(F)(F)F)C(=O)O. The Morgan fingerprint density at radius 3 is 2.12 bits per heavy atom. The Labute approximate surface area is 97.2 Å². The number of carboxylic acids is 1. The molecule has 0 aromatic carbocycles. The lowest BCUT2D eigenvalue weighted by atomic mass is 9.96. The molecular formula is C10H16F3NO3. The number of rotatable bonds is 6. The van der Waals surface area contributed by atoms with Gasteiger partial charge in [-0.1, -0.05) is 13.3 Å². The molecule has 0 fully saturated rings. The molecule has 0 aliphatic heterocycles. The van der Waals surface area contributed by atoms with E-state index in [1.54, 1.807) is 6.92 Å². The van der Waals surface area contributed by atoms with Gasteiger partial charge < -0.3 is 10.4 Å². The van der Waals surface area contributed by atoms with Crippen molar-refractivity contribution >= 4 is 11.9 Å². The molecule has 1 amide bonds. The topological polar surface area (TPSA) is 66.4 Å². The molecule has 7 heteroatoms. The van der Waals surface area contributed by atoms with Crippen molar-refractivity contribution in [2.45, 2.75) is 51.2 Å². The molecular weight excluding hydrogens is 239 g/mol. The van der Waals surface area contributed by atoms with Gasteiger partial charge in [-0.15, -0.1) is 0 Å². The van der Waals surface area contributed by atoms with E-state index in [0.29, 0.717) is 6.42 Å². The van der Waals surface area contributed by atoms with Gasteiger partial charge in [0.25, 0.3) is 0 Å². The fraction of sp³-hybridized carbons (Fsp3) is 0.800. The highest BCUT2D eigenvalue weighted by Gasteiger charge is 2.35. The largest absolute Gasteiger partial charge is 0.480 e. The number of alkyl halides is 3. The summed E-state index contributed by atoms with van der Waals surface area (Å²) in [5.41, 5.74) is -1.50. The molecule has 2 N–H and O–H groups in total. The summed E-state index contributed by atoms with van der Waals surface area (Å²) in [6.07, 6.45) is -5.75. The molecule has 100 valence electrons. The molecule has 17 heavy (non-hydrogen) atoms. The number of carbonyl (C=O) groups excluding carboxylic acids is 1. The number of hydrogen-bond acceptors (Lipinski definition) is 2. The average Bonchev–Trinajstić information content (AvgIpc) is 2.13. The highest BCUT2D eigenvalue weighted by Crippen LogP contribution is 2.21. The number of nitrogens with one attached hydrogen (secondary N) is 1. The summed E-state index contributed by atoms with van der Waals surface area (Å²) >= 11 is 0. The highest BCUT2D eigenvalue weighted by atomic mass is 19.4. The van der Waals surface area contributed by atoms with Gasteiger partial charge in [-0.25, -0.2) is 4.79 Å². The minimum absolute atomic E-state index is 0.167. The summed E-state index contributed by atoms with van der Waals surface area (Å²) in [6.45, 7) is 3.01. The van der Waals surface area contributed by atoms with E-state index in [4.69, 9.17) is 5.11 Å². The molecule has 0 rings (SSSR count). The Hall–Kier alpha value is -1.27. The van der Waals surface area contributed by atoms with Crippen molar-refractivity contribution in [2.75, 3.05) is 0 Å². The molecule has 0 radical (unpaired) electrons. The molecule has 4 nitrogen and oxygen atoms in total. The summed E-state index contributed by atoms with van der Waals surface area (Å²) in [5, 5.41) is 11.0. The summed E-state index contributed by atoms with van der Waals surface area (Å²) in [6, 6.07) is 0. The quantitative estimate of drug-likeness (QED) is 0.763. The van der Waals surface area contributed by atoms with Gasteiger partial charge >= 0.3 is 12.1 Å². The lowest BCUT2D eigenvalue weighted by molar-refractivity contribution is -0.150. The minimum atomic E-state index is -4.41. The molecule has 0 aromatic rings. The molecule has 0 bridgehead atoms. The van der Waals surface area contributed by atoms with Crippen LogP contribution in [0.5, 0.6) is 0 Å². The maximum atomic E-state index is 11.9. The molecule has 0 aromatic heterocycles. The smallest absolute Gasteiger partial charge is 0.389 e. The lowest BCUT2D eigenvalue weighted by Crippen LogP contribution is -2.52. The van der Waals surface area contributed by atoms with Crippen molar-refractivity contribution in [1.29, 1.82) is 0 Å². The Morgan fingerprint density at radius 1 is 1.24 bits per heavy atom. The van der Waals surface area contributed by atoms with Gasteiger partial charge in [0, 0.05) is 6.42 Å². The van der Waals surface area contributed by atoms with Crippen LogP contribution in [0.15, 0.2) is 0 Å². The molecule has 1 atom stereocenters. The van der Waals surface area contributed by atoms with Gasteiger partial charge in [0.2, 0.25) is 5.91 Å². The van der Waals surface area contributed by atoms with Crippen LogP contribution in [-0.2, 0) is 9.59 Å². The van der Waals surface area contributed by atoms with Crippen molar-refractivity contribution in [3.8, 4) is 0 Å². The van der Waals surface area contributed by atoms with Crippen molar-refractivity contribution in [3.63, 3.8) is 0 Å².